The second-order valence-electron chi connectivity index (χ2n) is 3.08. The lowest BCUT2D eigenvalue weighted by Gasteiger charge is -2.11. The second kappa shape index (κ2) is 5.06. The van der Waals surface area contributed by atoms with Crippen LogP contribution in [0.1, 0.15) is 18.0 Å². The zero-order valence-corrected chi connectivity index (χ0v) is 8.65. The number of non-ortho nitro benzene ring substituents is 1. The number of hydrogen-bond acceptors (Lipinski definition) is 4. The van der Waals surface area contributed by atoms with Gasteiger partial charge in [0.25, 0.3) is 5.69 Å². The van der Waals surface area contributed by atoms with Gasteiger partial charge < -0.3 is 10.8 Å². The number of rotatable bonds is 4. The summed E-state index contributed by atoms with van der Waals surface area (Å²) >= 11 is 5.85. The fourth-order valence-electron chi connectivity index (χ4n) is 1.22. The van der Waals surface area contributed by atoms with Gasteiger partial charge in [0.1, 0.15) is 0 Å². The highest BCUT2D eigenvalue weighted by atomic mass is 35.5. The molecule has 0 radical (unpaired) electrons. The fraction of sp³-hybridized carbons (Fsp3) is 0.333. The Hall–Kier alpha value is -1.17. The van der Waals surface area contributed by atoms with Crippen molar-refractivity contribution in [3.8, 4) is 0 Å². The van der Waals surface area contributed by atoms with E-state index >= 15 is 0 Å². The van der Waals surface area contributed by atoms with Crippen LogP contribution in [0.2, 0.25) is 5.02 Å². The smallest absolute Gasteiger partial charge is 0.269 e. The van der Waals surface area contributed by atoms with Crippen LogP contribution in [0.4, 0.5) is 5.69 Å². The Morgan fingerprint density at radius 3 is 2.80 bits per heavy atom. The highest BCUT2D eigenvalue weighted by molar-refractivity contribution is 6.31. The van der Waals surface area contributed by atoms with Gasteiger partial charge in [-0.15, -0.1) is 0 Å². The Labute approximate surface area is 91.6 Å². The minimum atomic E-state index is -0.508. The van der Waals surface area contributed by atoms with Crippen molar-refractivity contribution in [2.45, 2.75) is 12.5 Å². The van der Waals surface area contributed by atoms with Crippen LogP contribution in [-0.2, 0) is 0 Å². The quantitative estimate of drug-likeness (QED) is 0.608. The first-order valence-corrected chi connectivity index (χ1v) is 4.74. The van der Waals surface area contributed by atoms with Crippen LogP contribution >= 0.6 is 11.6 Å². The molecule has 1 aromatic carbocycles. The van der Waals surface area contributed by atoms with Gasteiger partial charge in [-0.2, -0.15) is 0 Å². The molecule has 3 N–H and O–H groups in total. The van der Waals surface area contributed by atoms with Crippen LogP contribution in [-0.4, -0.2) is 16.6 Å². The molecule has 0 aromatic heterocycles. The minimum absolute atomic E-state index is 0.0530. The maximum Gasteiger partial charge on any atom is 0.269 e. The van der Waals surface area contributed by atoms with Gasteiger partial charge >= 0.3 is 0 Å². The largest absolute Gasteiger partial charge is 0.396 e. The van der Waals surface area contributed by atoms with Gasteiger partial charge in [0, 0.05) is 29.8 Å². The maximum absolute atomic E-state index is 10.5. The predicted molar refractivity (Wildman–Crippen MR) is 56.7 cm³/mol. The normalized spacial score (nSPS) is 12.5. The van der Waals surface area contributed by atoms with Crippen molar-refractivity contribution < 1.29 is 10.0 Å². The van der Waals surface area contributed by atoms with E-state index in [1.165, 1.54) is 18.2 Å². The molecule has 0 bridgehead atoms. The molecule has 0 aliphatic rings. The molecular weight excluding hydrogens is 220 g/mol. The first-order valence-electron chi connectivity index (χ1n) is 4.36. The SMILES string of the molecule is N[C@@H](CCO)c1cc([N+](=O)[O-])ccc1Cl. The summed E-state index contributed by atoms with van der Waals surface area (Å²) < 4.78 is 0. The molecule has 1 atom stereocenters. The Kier molecular flexibility index (Phi) is 4.02. The average Bonchev–Trinajstić information content (AvgIpc) is 2.18. The van der Waals surface area contributed by atoms with E-state index in [-0.39, 0.29) is 12.3 Å². The van der Waals surface area contributed by atoms with E-state index in [0.29, 0.717) is 17.0 Å². The van der Waals surface area contributed by atoms with Crippen LogP contribution in [0.5, 0.6) is 0 Å². The van der Waals surface area contributed by atoms with E-state index in [0.717, 1.165) is 0 Å². The first-order chi connectivity index (χ1) is 7.06. The highest BCUT2D eigenvalue weighted by Gasteiger charge is 2.14. The van der Waals surface area contributed by atoms with Crippen LogP contribution in [0.3, 0.4) is 0 Å². The summed E-state index contributed by atoms with van der Waals surface area (Å²) in [4.78, 5) is 10.0. The van der Waals surface area contributed by atoms with E-state index in [1.54, 1.807) is 0 Å². The standard InChI is InChI=1S/C9H11ClN2O3/c10-8-2-1-6(12(14)15)5-7(8)9(11)3-4-13/h1-2,5,9,13H,3-4,11H2/t9-/m0/s1. The summed E-state index contributed by atoms with van der Waals surface area (Å²) in [5, 5.41) is 19.6. The summed E-state index contributed by atoms with van der Waals surface area (Å²) in [5.74, 6) is 0. The monoisotopic (exact) mass is 230 g/mol. The highest BCUT2D eigenvalue weighted by Crippen LogP contribution is 2.27. The third-order valence-corrected chi connectivity index (χ3v) is 2.37. The number of halogens is 1. The van der Waals surface area contributed by atoms with Crippen molar-refractivity contribution in [1.29, 1.82) is 0 Å². The number of aliphatic hydroxyl groups excluding tert-OH is 1. The number of benzene rings is 1. The van der Waals surface area contributed by atoms with Crippen LogP contribution in [0.15, 0.2) is 18.2 Å². The summed E-state index contributed by atoms with van der Waals surface area (Å²) in [6.45, 7) is -0.0831. The van der Waals surface area contributed by atoms with Crippen LogP contribution in [0, 0.1) is 10.1 Å². The zero-order valence-electron chi connectivity index (χ0n) is 7.89. The Morgan fingerprint density at radius 2 is 2.27 bits per heavy atom. The molecule has 0 aliphatic carbocycles. The maximum atomic E-state index is 10.5. The summed E-state index contributed by atoms with van der Waals surface area (Å²) in [5.41, 5.74) is 6.14. The molecule has 6 heteroatoms. The van der Waals surface area contributed by atoms with Gasteiger partial charge in [-0.25, -0.2) is 0 Å². The van der Waals surface area contributed by atoms with Gasteiger partial charge in [0.2, 0.25) is 0 Å². The first kappa shape index (κ1) is 11.9. The number of nitrogens with two attached hydrogens (primary N) is 1. The number of nitrogens with zero attached hydrogens (tertiary/aromatic N) is 1. The van der Waals surface area contributed by atoms with Gasteiger partial charge in [0.05, 0.1) is 4.92 Å². The van der Waals surface area contributed by atoms with E-state index < -0.39 is 11.0 Å². The summed E-state index contributed by atoms with van der Waals surface area (Å²) in [7, 11) is 0. The lowest BCUT2D eigenvalue weighted by molar-refractivity contribution is -0.384. The van der Waals surface area contributed by atoms with Crippen molar-refractivity contribution >= 4 is 17.3 Å². The van der Waals surface area contributed by atoms with Crippen molar-refractivity contribution in [2.75, 3.05) is 6.61 Å². The number of nitro benzene ring substituents is 1. The van der Waals surface area contributed by atoms with Gasteiger partial charge in [-0.05, 0) is 18.1 Å². The van der Waals surface area contributed by atoms with E-state index in [4.69, 9.17) is 22.4 Å². The van der Waals surface area contributed by atoms with E-state index in [9.17, 15) is 10.1 Å². The molecule has 0 unspecified atom stereocenters. The van der Waals surface area contributed by atoms with Gasteiger partial charge in [-0.3, -0.25) is 10.1 Å². The average molecular weight is 231 g/mol. The zero-order chi connectivity index (χ0) is 11.4. The topological polar surface area (TPSA) is 89.4 Å². The molecule has 0 fully saturated rings. The number of aliphatic hydroxyl groups is 1. The molecule has 0 amide bonds. The predicted octanol–water partition coefficient (Wildman–Crippen LogP) is 1.63. The molecule has 15 heavy (non-hydrogen) atoms. The van der Waals surface area contributed by atoms with Crippen molar-refractivity contribution in [1.82, 2.24) is 0 Å². The Balaban J connectivity index is 3.04. The molecule has 0 aliphatic heterocycles. The van der Waals surface area contributed by atoms with Gasteiger partial charge in [-0.1, -0.05) is 11.6 Å². The van der Waals surface area contributed by atoms with E-state index in [2.05, 4.69) is 0 Å². The molecule has 1 aromatic rings. The number of nitro groups is 1. The number of hydrogen-bond donors (Lipinski definition) is 2. The van der Waals surface area contributed by atoms with Crippen LogP contribution in [0.25, 0.3) is 0 Å². The van der Waals surface area contributed by atoms with Crippen LogP contribution < -0.4 is 5.73 Å². The molecule has 0 saturated heterocycles. The molecule has 1 rings (SSSR count). The summed E-state index contributed by atoms with van der Waals surface area (Å²) in [6.07, 6.45) is 0.320. The Bertz CT molecular complexity index is 370. The fourth-order valence-corrected chi connectivity index (χ4v) is 1.48. The van der Waals surface area contributed by atoms with Gasteiger partial charge in [0.15, 0.2) is 0 Å². The van der Waals surface area contributed by atoms with Crippen molar-refractivity contribution in [2.24, 2.45) is 5.73 Å². The third kappa shape index (κ3) is 2.89. The second-order valence-corrected chi connectivity index (χ2v) is 3.49. The van der Waals surface area contributed by atoms with Crippen molar-refractivity contribution in [3.63, 3.8) is 0 Å². The molecule has 0 spiro atoms. The lowest BCUT2D eigenvalue weighted by Crippen LogP contribution is -2.12. The van der Waals surface area contributed by atoms with E-state index in [1.807, 2.05) is 0 Å². The molecule has 0 heterocycles. The molecular formula is C9H11ClN2O3. The minimum Gasteiger partial charge on any atom is -0.396 e. The summed E-state index contributed by atoms with van der Waals surface area (Å²) in [6, 6.07) is 3.61. The molecule has 82 valence electrons. The third-order valence-electron chi connectivity index (χ3n) is 2.03. The molecule has 5 nitrogen and oxygen atoms in total. The van der Waals surface area contributed by atoms with Crippen molar-refractivity contribution in [3.05, 3.63) is 38.9 Å². The molecule has 0 saturated carbocycles. The Morgan fingerprint density at radius 1 is 1.60 bits per heavy atom. The lowest BCUT2D eigenvalue weighted by atomic mass is 10.0.